The molecule has 0 spiro atoms. The summed E-state index contributed by atoms with van der Waals surface area (Å²) in [5, 5.41) is 8.46. The number of carboxylic acids is 1. The van der Waals surface area contributed by atoms with Gasteiger partial charge in [-0.25, -0.2) is 0 Å². The molecule has 1 atom stereocenters. The van der Waals surface area contributed by atoms with Crippen molar-refractivity contribution in [1.29, 1.82) is 0 Å². The maximum Gasteiger partial charge on any atom is 0.303 e. The van der Waals surface area contributed by atoms with E-state index in [0.717, 1.165) is 19.3 Å². The second-order valence-corrected chi connectivity index (χ2v) is 3.61. The molecule has 0 aliphatic rings. The Bertz CT molecular complexity index is 144. The van der Waals surface area contributed by atoms with E-state index in [9.17, 15) is 4.79 Å². The van der Waals surface area contributed by atoms with Crippen molar-refractivity contribution in [3.05, 3.63) is 0 Å². The summed E-state index contributed by atoms with van der Waals surface area (Å²) < 4.78 is 0. The van der Waals surface area contributed by atoms with Crippen molar-refractivity contribution < 1.29 is 9.90 Å². The van der Waals surface area contributed by atoms with Gasteiger partial charge in [0.05, 0.1) is 0 Å². The second kappa shape index (κ2) is 6.89. The third-order valence-electron chi connectivity index (χ3n) is 2.52. The van der Waals surface area contributed by atoms with E-state index in [4.69, 9.17) is 10.8 Å². The summed E-state index contributed by atoms with van der Waals surface area (Å²) in [4.78, 5) is 10.3. The predicted molar refractivity (Wildman–Crippen MR) is 53.5 cm³/mol. The molecule has 13 heavy (non-hydrogen) atoms. The van der Waals surface area contributed by atoms with Gasteiger partial charge >= 0.3 is 5.97 Å². The van der Waals surface area contributed by atoms with Crippen molar-refractivity contribution in [3.63, 3.8) is 0 Å². The van der Waals surface area contributed by atoms with Crippen molar-refractivity contribution in [3.8, 4) is 0 Å². The number of hydrogen-bond donors (Lipinski definition) is 2. The van der Waals surface area contributed by atoms with E-state index >= 15 is 0 Å². The Morgan fingerprint density at radius 2 is 1.92 bits per heavy atom. The van der Waals surface area contributed by atoms with Crippen LogP contribution in [0.1, 0.15) is 46.0 Å². The van der Waals surface area contributed by atoms with E-state index in [1.54, 1.807) is 0 Å². The Morgan fingerprint density at radius 3 is 2.31 bits per heavy atom. The first-order valence-corrected chi connectivity index (χ1v) is 5.07. The van der Waals surface area contributed by atoms with Gasteiger partial charge in [-0.2, -0.15) is 0 Å². The Kier molecular flexibility index (Phi) is 6.59. The molecule has 0 saturated carbocycles. The molecule has 3 heteroatoms. The van der Waals surface area contributed by atoms with Gasteiger partial charge in [0.2, 0.25) is 0 Å². The van der Waals surface area contributed by atoms with Crippen molar-refractivity contribution in [1.82, 2.24) is 0 Å². The van der Waals surface area contributed by atoms with Crippen LogP contribution < -0.4 is 5.73 Å². The molecule has 0 aromatic rings. The highest BCUT2D eigenvalue weighted by Gasteiger charge is 2.11. The third kappa shape index (κ3) is 6.58. The Balaban J connectivity index is 3.59. The van der Waals surface area contributed by atoms with Crippen molar-refractivity contribution >= 4 is 5.97 Å². The smallest absolute Gasteiger partial charge is 0.303 e. The first-order valence-electron chi connectivity index (χ1n) is 5.07. The zero-order chi connectivity index (χ0) is 10.3. The first kappa shape index (κ1) is 12.4. The van der Waals surface area contributed by atoms with Crippen LogP contribution in [0.15, 0.2) is 0 Å². The van der Waals surface area contributed by atoms with E-state index in [1.165, 1.54) is 0 Å². The highest BCUT2D eigenvalue weighted by atomic mass is 16.4. The molecule has 0 aliphatic heterocycles. The minimum Gasteiger partial charge on any atom is -0.481 e. The maximum absolute atomic E-state index is 10.3. The van der Waals surface area contributed by atoms with E-state index < -0.39 is 5.97 Å². The molecule has 0 rings (SSSR count). The van der Waals surface area contributed by atoms with Crippen LogP contribution in [0.3, 0.4) is 0 Å². The first-order chi connectivity index (χ1) is 6.10. The summed E-state index contributed by atoms with van der Waals surface area (Å²) in [6.45, 7) is 4.30. The lowest BCUT2D eigenvalue weighted by molar-refractivity contribution is -0.137. The SMILES string of the molecule is CCC(CC)CC(N)CCC(=O)O. The zero-order valence-corrected chi connectivity index (χ0v) is 8.62. The Labute approximate surface area is 80.3 Å². The summed E-state index contributed by atoms with van der Waals surface area (Å²) in [5.41, 5.74) is 5.81. The molecule has 78 valence electrons. The van der Waals surface area contributed by atoms with Crippen molar-refractivity contribution in [2.75, 3.05) is 0 Å². The number of nitrogens with two attached hydrogens (primary N) is 1. The van der Waals surface area contributed by atoms with Crippen LogP contribution in [0, 0.1) is 5.92 Å². The summed E-state index contributed by atoms with van der Waals surface area (Å²) in [6, 6.07) is 0.0565. The molecule has 0 amide bonds. The van der Waals surface area contributed by atoms with Gasteiger partial charge in [0, 0.05) is 12.5 Å². The monoisotopic (exact) mass is 187 g/mol. The molecule has 1 unspecified atom stereocenters. The number of carbonyl (C=O) groups is 1. The predicted octanol–water partition coefficient (Wildman–Crippen LogP) is 2.00. The van der Waals surface area contributed by atoms with Crippen LogP contribution in [-0.4, -0.2) is 17.1 Å². The molecule has 0 saturated heterocycles. The van der Waals surface area contributed by atoms with Gasteiger partial charge in [0.1, 0.15) is 0 Å². The Hall–Kier alpha value is -0.570. The molecule has 0 heterocycles. The van der Waals surface area contributed by atoms with E-state index in [0.29, 0.717) is 12.3 Å². The summed E-state index contributed by atoms with van der Waals surface area (Å²) in [7, 11) is 0. The number of carboxylic acid groups (broad SMARTS) is 1. The van der Waals surface area contributed by atoms with Gasteiger partial charge < -0.3 is 10.8 Å². The van der Waals surface area contributed by atoms with Crippen LogP contribution >= 0.6 is 0 Å². The van der Waals surface area contributed by atoms with Crippen LogP contribution in [-0.2, 0) is 4.79 Å². The van der Waals surface area contributed by atoms with Gasteiger partial charge in [0.15, 0.2) is 0 Å². The van der Waals surface area contributed by atoms with Gasteiger partial charge in [0.25, 0.3) is 0 Å². The number of aliphatic carboxylic acids is 1. The third-order valence-corrected chi connectivity index (χ3v) is 2.52. The average Bonchev–Trinajstić information content (AvgIpc) is 2.10. The summed E-state index contributed by atoms with van der Waals surface area (Å²) in [6.07, 6.45) is 4.03. The normalized spacial score (nSPS) is 13.2. The lowest BCUT2D eigenvalue weighted by atomic mass is 9.93. The van der Waals surface area contributed by atoms with Gasteiger partial charge in [-0.05, 0) is 18.8 Å². The highest BCUT2D eigenvalue weighted by molar-refractivity contribution is 5.66. The fourth-order valence-corrected chi connectivity index (χ4v) is 1.48. The molecule has 0 aliphatic carbocycles. The highest BCUT2D eigenvalue weighted by Crippen LogP contribution is 2.15. The van der Waals surface area contributed by atoms with Crippen molar-refractivity contribution in [2.45, 2.75) is 52.0 Å². The van der Waals surface area contributed by atoms with Crippen LogP contribution in [0.5, 0.6) is 0 Å². The van der Waals surface area contributed by atoms with Gasteiger partial charge in [-0.3, -0.25) is 4.79 Å². The molecule has 0 fully saturated rings. The minimum atomic E-state index is -0.750. The molecule has 0 aromatic heterocycles. The molecule has 0 bridgehead atoms. The Morgan fingerprint density at radius 1 is 1.38 bits per heavy atom. The van der Waals surface area contributed by atoms with E-state index in [1.807, 2.05) is 0 Å². The van der Waals surface area contributed by atoms with Crippen LogP contribution in [0.2, 0.25) is 0 Å². The summed E-state index contributed by atoms with van der Waals surface area (Å²) in [5.74, 6) is -0.0937. The van der Waals surface area contributed by atoms with Gasteiger partial charge in [-0.1, -0.05) is 26.7 Å². The fraction of sp³-hybridized carbons (Fsp3) is 0.900. The molecule has 0 aromatic carbocycles. The van der Waals surface area contributed by atoms with E-state index in [-0.39, 0.29) is 12.5 Å². The van der Waals surface area contributed by atoms with E-state index in [2.05, 4.69) is 13.8 Å². The number of hydrogen-bond acceptors (Lipinski definition) is 2. The lowest BCUT2D eigenvalue weighted by Crippen LogP contribution is -2.24. The molecule has 0 radical (unpaired) electrons. The molecule has 3 N–H and O–H groups in total. The zero-order valence-electron chi connectivity index (χ0n) is 8.62. The van der Waals surface area contributed by atoms with Gasteiger partial charge in [-0.15, -0.1) is 0 Å². The number of rotatable bonds is 7. The molecule has 3 nitrogen and oxygen atoms in total. The van der Waals surface area contributed by atoms with Crippen LogP contribution in [0.25, 0.3) is 0 Å². The van der Waals surface area contributed by atoms with Crippen molar-refractivity contribution in [2.24, 2.45) is 11.7 Å². The summed E-state index contributed by atoms with van der Waals surface area (Å²) >= 11 is 0. The molecular formula is C10H21NO2. The average molecular weight is 187 g/mol. The quantitative estimate of drug-likeness (QED) is 0.640. The molecular weight excluding hydrogens is 166 g/mol. The lowest BCUT2D eigenvalue weighted by Gasteiger charge is -2.17. The fourth-order valence-electron chi connectivity index (χ4n) is 1.48. The largest absolute Gasteiger partial charge is 0.481 e. The second-order valence-electron chi connectivity index (χ2n) is 3.61. The standard InChI is InChI=1S/C10H21NO2/c1-3-8(4-2)7-9(11)5-6-10(12)13/h8-9H,3-7,11H2,1-2H3,(H,12,13). The van der Waals surface area contributed by atoms with Crippen LogP contribution in [0.4, 0.5) is 0 Å². The maximum atomic E-state index is 10.3. The topological polar surface area (TPSA) is 63.3 Å². The minimum absolute atomic E-state index is 0.0565.